The average Bonchev–Trinajstić information content (AvgIpc) is 2.84. The van der Waals surface area contributed by atoms with Crippen molar-refractivity contribution in [1.82, 2.24) is 15.2 Å². The molecule has 2 heterocycles. The number of aryl methyl sites for hydroxylation is 1. The first-order chi connectivity index (χ1) is 7.70. The number of hydrogen-bond acceptors (Lipinski definition) is 4. The zero-order valence-electron chi connectivity index (χ0n) is 9.89. The van der Waals surface area contributed by atoms with E-state index in [1.165, 1.54) is 5.56 Å². The molecule has 3 atom stereocenters. The average molecular weight is 224 g/mol. The number of hydrazine groups is 1. The molecule has 0 aliphatic carbocycles. The fourth-order valence-corrected chi connectivity index (χ4v) is 2.44. The molecule has 90 valence electrons. The Labute approximate surface area is 95.9 Å². The Bertz CT molecular complexity index is 338. The normalized spacial score (nSPS) is 27.2. The smallest absolute Gasteiger partial charge is 0.0591 e. The van der Waals surface area contributed by atoms with Gasteiger partial charge in [0.05, 0.1) is 12.3 Å². The highest BCUT2D eigenvalue weighted by atomic mass is 16.5. The van der Waals surface area contributed by atoms with Gasteiger partial charge in [0.15, 0.2) is 0 Å². The lowest BCUT2D eigenvalue weighted by Gasteiger charge is -2.24. The second-order valence-corrected chi connectivity index (χ2v) is 4.53. The van der Waals surface area contributed by atoms with Crippen molar-refractivity contribution in [1.29, 1.82) is 0 Å². The number of nitrogens with zero attached hydrogens (tertiary/aromatic N) is 2. The van der Waals surface area contributed by atoms with E-state index in [0.717, 1.165) is 19.4 Å². The Morgan fingerprint density at radius 2 is 2.56 bits per heavy atom. The Morgan fingerprint density at radius 1 is 1.75 bits per heavy atom. The van der Waals surface area contributed by atoms with Crippen LogP contribution < -0.4 is 11.3 Å². The molecule has 1 aliphatic heterocycles. The largest absolute Gasteiger partial charge is 0.378 e. The topological polar surface area (TPSA) is 65.1 Å². The summed E-state index contributed by atoms with van der Waals surface area (Å²) >= 11 is 0. The van der Waals surface area contributed by atoms with E-state index in [4.69, 9.17) is 10.6 Å². The number of nitrogens with one attached hydrogen (secondary N) is 1. The van der Waals surface area contributed by atoms with Gasteiger partial charge in [-0.2, -0.15) is 5.10 Å². The third-order valence-corrected chi connectivity index (χ3v) is 3.38. The van der Waals surface area contributed by atoms with Crippen molar-refractivity contribution in [3.8, 4) is 0 Å². The molecule has 16 heavy (non-hydrogen) atoms. The van der Waals surface area contributed by atoms with Crippen molar-refractivity contribution in [2.75, 3.05) is 6.61 Å². The number of hydrogen-bond donors (Lipinski definition) is 2. The van der Waals surface area contributed by atoms with Crippen molar-refractivity contribution < 1.29 is 4.74 Å². The number of ether oxygens (including phenoxy) is 1. The van der Waals surface area contributed by atoms with Crippen LogP contribution in [-0.2, 0) is 18.2 Å². The summed E-state index contributed by atoms with van der Waals surface area (Å²) in [6, 6.07) is 0.265. The first-order valence-corrected chi connectivity index (χ1v) is 5.76. The molecule has 3 unspecified atom stereocenters. The molecular formula is C11H20N4O. The summed E-state index contributed by atoms with van der Waals surface area (Å²) in [5.74, 6) is 6.13. The minimum atomic E-state index is 0.265. The standard InChI is InChI=1S/C11H20N4O/c1-8-10(3-4-16-8)11(14-12)5-9-6-13-15(2)7-9/h6-8,10-11,14H,3-5,12H2,1-2H3. The highest BCUT2D eigenvalue weighted by Gasteiger charge is 2.31. The number of nitrogens with two attached hydrogens (primary N) is 1. The molecular weight excluding hydrogens is 204 g/mol. The molecule has 5 heteroatoms. The van der Waals surface area contributed by atoms with Crippen molar-refractivity contribution in [3.05, 3.63) is 18.0 Å². The summed E-state index contributed by atoms with van der Waals surface area (Å²) in [4.78, 5) is 0. The minimum Gasteiger partial charge on any atom is -0.378 e. The molecule has 3 N–H and O–H groups in total. The molecule has 2 rings (SSSR count). The van der Waals surface area contributed by atoms with Gasteiger partial charge in [0.2, 0.25) is 0 Å². The van der Waals surface area contributed by atoms with Gasteiger partial charge in [0.25, 0.3) is 0 Å². The first kappa shape index (κ1) is 11.6. The van der Waals surface area contributed by atoms with E-state index in [-0.39, 0.29) is 12.1 Å². The molecule has 1 aromatic heterocycles. The Kier molecular flexibility index (Phi) is 3.58. The minimum absolute atomic E-state index is 0.265. The van der Waals surface area contributed by atoms with Crippen LogP contribution in [0.5, 0.6) is 0 Å². The monoisotopic (exact) mass is 224 g/mol. The lowest BCUT2D eigenvalue weighted by molar-refractivity contribution is 0.0954. The van der Waals surface area contributed by atoms with Gasteiger partial charge >= 0.3 is 0 Å². The van der Waals surface area contributed by atoms with Gasteiger partial charge in [0, 0.05) is 31.8 Å². The fourth-order valence-electron chi connectivity index (χ4n) is 2.44. The number of aromatic nitrogens is 2. The molecule has 1 saturated heterocycles. The van der Waals surface area contributed by atoms with Crippen LogP contribution in [0.1, 0.15) is 18.9 Å². The molecule has 0 spiro atoms. The Morgan fingerprint density at radius 3 is 3.06 bits per heavy atom. The summed E-state index contributed by atoms with van der Waals surface area (Å²) in [6.45, 7) is 2.96. The molecule has 0 aromatic carbocycles. The van der Waals surface area contributed by atoms with Gasteiger partial charge in [-0.15, -0.1) is 0 Å². The van der Waals surface area contributed by atoms with E-state index in [1.807, 2.05) is 24.1 Å². The maximum absolute atomic E-state index is 5.64. The SMILES string of the molecule is CC1OCCC1C(Cc1cnn(C)c1)NN. The van der Waals surface area contributed by atoms with Crippen LogP contribution >= 0.6 is 0 Å². The predicted molar refractivity (Wildman–Crippen MR) is 61.5 cm³/mol. The third-order valence-electron chi connectivity index (χ3n) is 3.38. The van der Waals surface area contributed by atoms with Gasteiger partial charge in [-0.25, -0.2) is 0 Å². The third kappa shape index (κ3) is 2.42. The van der Waals surface area contributed by atoms with Crippen molar-refractivity contribution >= 4 is 0 Å². The second-order valence-electron chi connectivity index (χ2n) is 4.53. The van der Waals surface area contributed by atoms with Crippen LogP contribution in [-0.4, -0.2) is 28.5 Å². The second kappa shape index (κ2) is 4.95. The zero-order valence-corrected chi connectivity index (χ0v) is 9.89. The van der Waals surface area contributed by atoms with Gasteiger partial charge in [-0.3, -0.25) is 16.0 Å². The zero-order chi connectivity index (χ0) is 11.5. The van der Waals surface area contributed by atoms with Crippen molar-refractivity contribution in [3.63, 3.8) is 0 Å². The maximum Gasteiger partial charge on any atom is 0.0591 e. The molecule has 1 aromatic rings. The quantitative estimate of drug-likeness (QED) is 0.567. The molecule has 0 bridgehead atoms. The molecule has 0 saturated carbocycles. The van der Waals surface area contributed by atoms with E-state index < -0.39 is 0 Å². The molecule has 1 fully saturated rings. The maximum atomic E-state index is 5.64. The Balaban J connectivity index is 2.00. The van der Waals surface area contributed by atoms with E-state index in [9.17, 15) is 0 Å². The summed E-state index contributed by atoms with van der Waals surface area (Å²) in [5.41, 5.74) is 4.13. The molecule has 0 amide bonds. The van der Waals surface area contributed by atoms with Gasteiger partial charge in [0.1, 0.15) is 0 Å². The van der Waals surface area contributed by atoms with Crippen LogP contribution in [0.25, 0.3) is 0 Å². The lowest BCUT2D eigenvalue weighted by Crippen LogP contribution is -2.44. The fraction of sp³-hybridized carbons (Fsp3) is 0.727. The molecule has 0 radical (unpaired) electrons. The highest BCUT2D eigenvalue weighted by Crippen LogP contribution is 2.25. The Hall–Kier alpha value is -0.910. The van der Waals surface area contributed by atoms with Crippen LogP contribution in [0, 0.1) is 5.92 Å². The van der Waals surface area contributed by atoms with Crippen LogP contribution in [0.15, 0.2) is 12.4 Å². The first-order valence-electron chi connectivity index (χ1n) is 5.76. The summed E-state index contributed by atoms with van der Waals surface area (Å²) in [7, 11) is 1.93. The van der Waals surface area contributed by atoms with E-state index >= 15 is 0 Å². The summed E-state index contributed by atoms with van der Waals surface area (Å²) < 4.78 is 7.39. The van der Waals surface area contributed by atoms with Crippen LogP contribution in [0.4, 0.5) is 0 Å². The predicted octanol–water partition coefficient (Wildman–Crippen LogP) is 0.220. The lowest BCUT2D eigenvalue weighted by atomic mass is 9.90. The van der Waals surface area contributed by atoms with Gasteiger partial charge in [-0.1, -0.05) is 0 Å². The van der Waals surface area contributed by atoms with Crippen LogP contribution in [0.2, 0.25) is 0 Å². The van der Waals surface area contributed by atoms with Gasteiger partial charge < -0.3 is 4.74 Å². The number of rotatable bonds is 4. The summed E-state index contributed by atoms with van der Waals surface area (Å²) in [6.07, 6.45) is 6.20. The van der Waals surface area contributed by atoms with Crippen LogP contribution in [0.3, 0.4) is 0 Å². The van der Waals surface area contributed by atoms with Crippen molar-refractivity contribution in [2.45, 2.75) is 31.9 Å². The van der Waals surface area contributed by atoms with Gasteiger partial charge in [-0.05, 0) is 25.3 Å². The highest BCUT2D eigenvalue weighted by molar-refractivity contribution is 5.07. The molecule has 5 nitrogen and oxygen atoms in total. The van der Waals surface area contributed by atoms with Crippen molar-refractivity contribution in [2.24, 2.45) is 18.8 Å². The van der Waals surface area contributed by atoms with E-state index in [1.54, 1.807) is 0 Å². The molecule has 1 aliphatic rings. The summed E-state index contributed by atoms with van der Waals surface area (Å²) in [5, 5.41) is 4.17. The van der Waals surface area contributed by atoms with E-state index in [0.29, 0.717) is 5.92 Å². The van der Waals surface area contributed by atoms with E-state index in [2.05, 4.69) is 17.4 Å².